The van der Waals surface area contributed by atoms with Gasteiger partial charge in [-0.2, -0.15) is 0 Å². The van der Waals surface area contributed by atoms with E-state index in [1.165, 1.54) is 0 Å². The summed E-state index contributed by atoms with van der Waals surface area (Å²) in [5.74, 6) is 0. The van der Waals surface area contributed by atoms with Gasteiger partial charge in [-0.15, -0.1) is 0 Å². The summed E-state index contributed by atoms with van der Waals surface area (Å²) in [5, 5.41) is 10.2. The second-order valence-corrected chi connectivity index (χ2v) is 5.14. The maximum absolute atomic E-state index is 5.69. The molecule has 0 aliphatic carbocycles. The van der Waals surface area contributed by atoms with Gasteiger partial charge in [-0.05, 0) is 27.7 Å². The van der Waals surface area contributed by atoms with E-state index in [-0.39, 0.29) is 6.04 Å². The highest BCUT2D eigenvalue weighted by atomic mass is 15.0. The summed E-state index contributed by atoms with van der Waals surface area (Å²) in [6, 6.07) is 1.48. The van der Waals surface area contributed by atoms with Crippen molar-refractivity contribution in [1.29, 1.82) is 0 Å². The summed E-state index contributed by atoms with van der Waals surface area (Å²) < 4.78 is 0. The van der Waals surface area contributed by atoms with Crippen LogP contribution in [0.1, 0.15) is 27.7 Å². The average molecular weight is 245 g/mol. The van der Waals surface area contributed by atoms with E-state index in [1.807, 2.05) is 6.92 Å². The van der Waals surface area contributed by atoms with Crippen molar-refractivity contribution in [2.24, 2.45) is 11.5 Å². The molecule has 0 fully saturated rings. The Hall–Kier alpha value is -0.200. The second-order valence-electron chi connectivity index (χ2n) is 5.14. The Labute approximate surface area is 106 Å². The van der Waals surface area contributed by atoms with Gasteiger partial charge in [0.1, 0.15) is 0 Å². The van der Waals surface area contributed by atoms with Crippen LogP contribution in [0.4, 0.5) is 0 Å². The summed E-state index contributed by atoms with van der Waals surface area (Å²) in [7, 11) is 0. The Bertz CT molecular complexity index is 174. The van der Waals surface area contributed by atoms with E-state index in [4.69, 9.17) is 11.5 Å². The van der Waals surface area contributed by atoms with Gasteiger partial charge < -0.3 is 27.4 Å². The SMILES string of the molecule is CC(N)CNC(C)CNC(C)CNC(C)CN. The van der Waals surface area contributed by atoms with Crippen molar-refractivity contribution in [3.05, 3.63) is 0 Å². The largest absolute Gasteiger partial charge is 0.329 e. The number of hydrogen-bond donors (Lipinski definition) is 5. The van der Waals surface area contributed by atoms with Gasteiger partial charge in [0.15, 0.2) is 0 Å². The Morgan fingerprint density at radius 3 is 1.59 bits per heavy atom. The van der Waals surface area contributed by atoms with E-state index >= 15 is 0 Å². The van der Waals surface area contributed by atoms with Crippen molar-refractivity contribution >= 4 is 0 Å². The normalized spacial score (nSPS) is 18.7. The summed E-state index contributed by atoms with van der Waals surface area (Å²) >= 11 is 0. The third-order valence-corrected chi connectivity index (χ3v) is 2.69. The first-order valence-corrected chi connectivity index (χ1v) is 6.61. The minimum Gasteiger partial charge on any atom is -0.329 e. The molecule has 4 atom stereocenters. The standard InChI is InChI=1S/C12H31N5/c1-9(14)6-15-11(3)8-17-12(4)7-16-10(2)5-13/h9-12,15-17H,5-8,13-14H2,1-4H3. The Balaban J connectivity index is 3.51. The lowest BCUT2D eigenvalue weighted by molar-refractivity contribution is 0.424. The highest BCUT2D eigenvalue weighted by Gasteiger charge is 2.06. The molecule has 0 amide bonds. The van der Waals surface area contributed by atoms with Crippen molar-refractivity contribution in [3.63, 3.8) is 0 Å². The highest BCUT2D eigenvalue weighted by Crippen LogP contribution is 1.85. The first-order chi connectivity index (χ1) is 7.95. The fraction of sp³-hybridized carbons (Fsp3) is 1.00. The molecule has 0 heterocycles. The number of nitrogens with one attached hydrogen (secondary N) is 3. The molecule has 0 aliphatic heterocycles. The molecule has 5 nitrogen and oxygen atoms in total. The molecule has 0 aromatic carbocycles. The molecule has 0 spiro atoms. The van der Waals surface area contributed by atoms with E-state index in [0.29, 0.717) is 24.7 Å². The van der Waals surface area contributed by atoms with Crippen LogP contribution in [-0.4, -0.2) is 50.3 Å². The van der Waals surface area contributed by atoms with Gasteiger partial charge in [0.05, 0.1) is 0 Å². The molecule has 0 saturated heterocycles. The lowest BCUT2D eigenvalue weighted by Crippen LogP contribution is -2.47. The average Bonchev–Trinajstić information content (AvgIpc) is 2.30. The Morgan fingerprint density at radius 2 is 1.18 bits per heavy atom. The zero-order valence-corrected chi connectivity index (χ0v) is 11.8. The van der Waals surface area contributed by atoms with Crippen LogP contribution in [0.25, 0.3) is 0 Å². The van der Waals surface area contributed by atoms with Crippen LogP contribution >= 0.6 is 0 Å². The van der Waals surface area contributed by atoms with Crippen molar-refractivity contribution in [2.75, 3.05) is 26.2 Å². The lowest BCUT2D eigenvalue weighted by Gasteiger charge is -2.21. The van der Waals surface area contributed by atoms with Crippen LogP contribution in [0.5, 0.6) is 0 Å². The van der Waals surface area contributed by atoms with Gasteiger partial charge in [0.25, 0.3) is 0 Å². The van der Waals surface area contributed by atoms with Gasteiger partial charge in [-0.25, -0.2) is 0 Å². The molecule has 4 unspecified atom stereocenters. The molecule has 0 aromatic rings. The summed E-state index contributed by atoms with van der Waals surface area (Å²) in [6.07, 6.45) is 0. The fourth-order valence-corrected chi connectivity index (χ4v) is 1.37. The van der Waals surface area contributed by atoms with E-state index < -0.39 is 0 Å². The minimum absolute atomic E-state index is 0.210. The summed E-state index contributed by atoms with van der Waals surface area (Å²) in [6.45, 7) is 11.9. The van der Waals surface area contributed by atoms with Crippen LogP contribution in [0.2, 0.25) is 0 Å². The minimum atomic E-state index is 0.210. The molecule has 0 aromatic heterocycles. The van der Waals surface area contributed by atoms with E-state index in [1.54, 1.807) is 0 Å². The summed E-state index contributed by atoms with van der Waals surface area (Å²) in [4.78, 5) is 0. The zero-order chi connectivity index (χ0) is 13.3. The molecular weight excluding hydrogens is 214 g/mol. The van der Waals surface area contributed by atoms with E-state index in [2.05, 4.69) is 36.7 Å². The Morgan fingerprint density at radius 1 is 0.765 bits per heavy atom. The first kappa shape index (κ1) is 16.8. The van der Waals surface area contributed by atoms with Crippen LogP contribution in [0, 0.1) is 0 Å². The highest BCUT2D eigenvalue weighted by molar-refractivity contribution is 4.72. The quantitative estimate of drug-likeness (QED) is 0.349. The predicted molar refractivity (Wildman–Crippen MR) is 75.1 cm³/mol. The van der Waals surface area contributed by atoms with Crippen LogP contribution < -0.4 is 27.4 Å². The molecule has 0 saturated carbocycles. The van der Waals surface area contributed by atoms with Gasteiger partial charge in [-0.1, -0.05) is 0 Å². The second kappa shape index (κ2) is 9.79. The molecule has 0 radical (unpaired) electrons. The van der Waals surface area contributed by atoms with E-state index in [0.717, 1.165) is 19.6 Å². The molecule has 0 rings (SSSR count). The molecule has 104 valence electrons. The smallest absolute Gasteiger partial charge is 0.0164 e. The van der Waals surface area contributed by atoms with E-state index in [9.17, 15) is 0 Å². The van der Waals surface area contributed by atoms with Crippen LogP contribution in [-0.2, 0) is 0 Å². The third kappa shape index (κ3) is 10.7. The lowest BCUT2D eigenvalue weighted by atomic mass is 10.2. The molecule has 0 aliphatic rings. The molecule has 0 bridgehead atoms. The zero-order valence-electron chi connectivity index (χ0n) is 11.8. The molecular formula is C12H31N5. The van der Waals surface area contributed by atoms with Gasteiger partial charge in [-0.3, -0.25) is 0 Å². The van der Waals surface area contributed by atoms with Crippen LogP contribution in [0.15, 0.2) is 0 Å². The summed E-state index contributed by atoms with van der Waals surface area (Å²) in [5.41, 5.74) is 11.2. The number of nitrogens with two attached hydrogens (primary N) is 2. The molecule has 17 heavy (non-hydrogen) atoms. The number of rotatable bonds is 10. The fourth-order valence-electron chi connectivity index (χ4n) is 1.37. The number of hydrogen-bond acceptors (Lipinski definition) is 5. The van der Waals surface area contributed by atoms with Gasteiger partial charge >= 0.3 is 0 Å². The van der Waals surface area contributed by atoms with Crippen molar-refractivity contribution < 1.29 is 0 Å². The van der Waals surface area contributed by atoms with Gasteiger partial charge in [0, 0.05) is 50.3 Å². The molecule has 7 N–H and O–H groups in total. The van der Waals surface area contributed by atoms with Crippen molar-refractivity contribution in [1.82, 2.24) is 16.0 Å². The van der Waals surface area contributed by atoms with Crippen molar-refractivity contribution in [2.45, 2.75) is 51.9 Å². The van der Waals surface area contributed by atoms with Gasteiger partial charge in [0.2, 0.25) is 0 Å². The molecule has 5 heteroatoms. The van der Waals surface area contributed by atoms with Crippen LogP contribution in [0.3, 0.4) is 0 Å². The topological polar surface area (TPSA) is 88.1 Å². The van der Waals surface area contributed by atoms with Crippen molar-refractivity contribution in [3.8, 4) is 0 Å². The third-order valence-electron chi connectivity index (χ3n) is 2.69. The predicted octanol–water partition coefficient (Wildman–Crippen LogP) is -0.773. The monoisotopic (exact) mass is 245 g/mol. The Kier molecular flexibility index (Phi) is 9.68. The maximum Gasteiger partial charge on any atom is 0.0164 e. The first-order valence-electron chi connectivity index (χ1n) is 6.61. The maximum atomic E-state index is 5.69.